The summed E-state index contributed by atoms with van der Waals surface area (Å²) in [6, 6.07) is 5.13. The van der Waals surface area contributed by atoms with E-state index < -0.39 is 17.3 Å². The van der Waals surface area contributed by atoms with E-state index in [4.69, 9.17) is 4.74 Å². The topological polar surface area (TPSA) is 77.6 Å². The van der Waals surface area contributed by atoms with Gasteiger partial charge in [0, 0.05) is 31.9 Å². The van der Waals surface area contributed by atoms with Gasteiger partial charge < -0.3 is 4.74 Å². The minimum Gasteiger partial charge on any atom is -0.373 e. The smallest absolute Gasteiger partial charge is 0.352 e. The van der Waals surface area contributed by atoms with Crippen molar-refractivity contribution in [2.45, 2.75) is 39.1 Å². The Morgan fingerprint density at radius 1 is 0.969 bits per heavy atom. The molecule has 0 amide bonds. The second-order valence-electron chi connectivity index (χ2n) is 8.31. The highest BCUT2D eigenvalue weighted by Gasteiger charge is 2.23. The van der Waals surface area contributed by atoms with E-state index in [0.29, 0.717) is 28.8 Å². The lowest BCUT2D eigenvalue weighted by Gasteiger charge is -2.35. The molecule has 10 heteroatoms. The largest absolute Gasteiger partial charge is 0.373 e. The lowest BCUT2D eigenvalue weighted by molar-refractivity contribution is -0.0705. The molecule has 0 spiro atoms. The van der Waals surface area contributed by atoms with E-state index in [2.05, 4.69) is 33.8 Å². The summed E-state index contributed by atoms with van der Waals surface area (Å²) in [6.45, 7) is 6.35. The maximum Gasteiger partial charge on any atom is 0.352 e. The average Bonchev–Trinajstić information content (AvgIpc) is 3.20. The first-order valence-corrected chi connectivity index (χ1v) is 10.4. The summed E-state index contributed by atoms with van der Waals surface area (Å²) in [6.07, 6.45) is 3.32. The van der Waals surface area contributed by atoms with Crippen LogP contribution in [0.1, 0.15) is 25.0 Å². The lowest BCUT2D eigenvalue weighted by atomic mass is 10.1. The van der Waals surface area contributed by atoms with Crippen LogP contribution in [-0.2, 0) is 17.8 Å². The predicted molar refractivity (Wildman–Crippen MR) is 113 cm³/mol. The first-order chi connectivity index (χ1) is 15.4. The first kappa shape index (κ1) is 20.7. The van der Waals surface area contributed by atoms with Gasteiger partial charge in [0.1, 0.15) is 23.6 Å². The van der Waals surface area contributed by atoms with Crippen LogP contribution in [0.3, 0.4) is 0 Å². The Morgan fingerprint density at radius 3 is 2.41 bits per heavy atom. The summed E-state index contributed by atoms with van der Waals surface area (Å²) in [4.78, 5) is 24.1. The van der Waals surface area contributed by atoms with Crippen molar-refractivity contribution in [1.29, 1.82) is 0 Å². The molecule has 0 N–H and O–H groups in total. The summed E-state index contributed by atoms with van der Waals surface area (Å²) in [5.41, 5.74) is 1.57. The fraction of sp³-hybridized carbons (Fsp3) is 0.364. The third-order valence-corrected chi connectivity index (χ3v) is 5.54. The molecule has 0 radical (unpaired) electrons. The number of fused-ring (bicyclic) bond motifs is 3. The molecule has 32 heavy (non-hydrogen) atoms. The number of ether oxygens (including phenoxy) is 1. The van der Waals surface area contributed by atoms with Crippen molar-refractivity contribution in [1.82, 2.24) is 29.0 Å². The number of hydrogen-bond acceptors (Lipinski definition) is 6. The molecule has 1 fully saturated rings. The molecule has 166 valence electrons. The number of pyridine rings is 1. The summed E-state index contributed by atoms with van der Waals surface area (Å²) in [5, 5.41) is 4.68. The number of hydrogen-bond donors (Lipinski definition) is 0. The van der Waals surface area contributed by atoms with Gasteiger partial charge in [-0.2, -0.15) is 9.61 Å². The Morgan fingerprint density at radius 2 is 1.69 bits per heavy atom. The Labute approximate surface area is 182 Å². The number of morpholine rings is 1. The van der Waals surface area contributed by atoms with Gasteiger partial charge in [-0.25, -0.2) is 23.5 Å². The van der Waals surface area contributed by atoms with Crippen LogP contribution in [-0.4, -0.2) is 54.3 Å². The second-order valence-corrected chi connectivity index (χ2v) is 8.31. The molecule has 4 aromatic rings. The quantitative estimate of drug-likeness (QED) is 0.485. The normalized spacial score (nSPS) is 19.8. The number of aromatic nitrogens is 5. The van der Waals surface area contributed by atoms with E-state index in [0.717, 1.165) is 24.7 Å². The van der Waals surface area contributed by atoms with Gasteiger partial charge in [-0.1, -0.05) is 0 Å². The van der Waals surface area contributed by atoms with Gasteiger partial charge in [-0.05, 0) is 43.2 Å². The van der Waals surface area contributed by atoms with E-state index in [1.165, 1.54) is 27.5 Å². The van der Waals surface area contributed by atoms with Crippen molar-refractivity contribution in [2.24, 2.45) is 0 Å². The van der Waals surface area contributed by atoms with E-state index in [9.17, 15) is 13.6 Å². The first-order valence-electron chi connectivity index (χ1n) is 10.4. The van der Waals surface area contributed by atoms with Crippen LogP contribution in [0.2, 0.25) is 0 Å². The molecule has 1 aliphatic heterocycles. The average molecular weight is 440 g/mol. The molecular formula is C22H22F2N6O2. The standard InChI is InChI=1S/C22H22F2N6O2/c1-13-8-28(9-14(2)32-13)10-16-5-19-20(25-7-16)29(22(31)30-21(19)26-12-27-30)11-15-3-17(23)6-18(24)4-15/h3-7,12-14H,8-11H2,1-2H3. The summed E-state index contributed by atoms with van der Waals surface area (Å²) in [7, 11) is 0. The van der Waals surface area contributed by atoms with Crippen LogP contribution < -0.4 is 5.69 Å². The van der Waals surface area contributed by atoms with Gasteiger partial charge >= 0.3 is 5.69 Å². The molecule has 1 aliphatic rings. The molecule has 0 saturated carbocycles. The zero-order chi connectivity index (χ0) is 22.4. The van der Waals surface area contributed by atoms with E-state index in [-0.39, 0.29) is 18.8 Å². The van der Waals surface area contributed by atoms with Crippen molar-refractivity contribution in [3.05, 3.63) is 70.0 Å². The zero-order valence-electron chi connectivity index (χ0n) is 17.7. The van der Waals surface area contributed by atoms with Crippen molar-refractivity contribution >= 4 is 16.7 Å². The molecule has 0 aliphatic carbocycles. The molecule has 3 aromatic heterocycles. The highest BCUT2D eigenvalue weighted by Crippen LogP contribution is 2.20. The van der Waals surface area contributed by atoms with Gasteiger partial charge in [0.05, 0.1) is 24.1 Å². The summed E-state index contributed by atoms with van der Waals surface area (Å²) < 4.78 is 35.7. The Kier molecular flexibility index (Phi) is 5.18. The maximum atomic E-state index is 13.7. The number of rotatable bonds is 4. The molecule has 5 rings (SSSR count). The minimum atomic E-state index is -0.705. The summed E-state index contributed by atoms with van der Waals surface area (Å²) >= 11 is 0. The minimum absolute atomic E-state index is 0.0509. The van der Waals surface area contributed by atoms with Gasteiger partial charge in [0.2, 0.25) is 0 Å². The maximum absolute atomic E-state index is 13.7. The number of halogens is 2. The SMILES string of the molecule is CC1CN(Cc2cnc3c(c2)c2ncnn2c(=O)n3Cc2cc(F)cc(F)c2)CC(C)O1. The fourth-order valence-corrected chi connectivity index (χ4v) is 4.44. The van der Waals surface area contributed by atoms with Gasteiger partial charge in [0.25, 0.3) is 0 Å². The van der Waals surface area contributed by atoms with Gasteiger partial charge in [0.15, 0.2) is 5.65 Å². The Hall–Kier alpha value is -3.24. The highest BCUT2D eigenvalue weighted by molar-refractivity contribution is 5.89. The van der Waals surface area contributed by atoms with Crippen LogP contribution >= 0.6 is 0 Å². The van der Waals surface area contributed by atoms with Crippen LogP contribution in [0.4, 0.5) is 8.78 Å². The van der Waals surface area contributed by atoms with Crippen LogP contribution in [0, 0.1) is 11.6 Å². The fourth-order valence-electron chi connectivity index (χ4n) is 4.44. The van der Waals surface area contributed by atoms with Gasteiger partial charge in [-0.3, -0.25) is 9.47 Å². The van der Waals surface area contributed by atoms with Crippen LogP contribution in [0.25, 0.3) is 16.7 Å². The molecule has 4 heterocycles. The Bertz CT molecular complexity index is 1340. The molecule has 2 atom stereocenters. The van der Waals surface area contributed by atoms with Crippen molar-refractivity contribution in [3.63, 3.8) is 0 Å². The molecule has 1 aromatic carbocycles. The van der Waals surface area contributed by atoms with E-state index in [1.54, 1.807) is 6.20 Å². The van der Waals surface area contributed by atoms with Crippen molar-refractivity contribution in [2.75, 3.05) is 13.1 Å². The van der Waals surface area contributed by atoms with Crippen molar-refractivity contribution in [3.8, 4) is 0 Å². The highest BCUT2D eigenvalue weighted by atomic mass is 19.1. The third kappa shape index (κ3) is 3.87. The van der Waals surface area contributed by atoms with E-state index >= 15 is 0 Å². The monoisotopic (exact) mass is 440 g/mol. The number of nitrogens with zero attached hydrogens (tertiary/aromatic N) is 6. The van der Waals surface area contributed by atoms with Crippen LogP contribution in [0.5, 0.6) is 0 Å². The Balaban J connectivity index is 1.58. The van der Waals surface area contributed by atoms with Gasteiger partial charge in [-0.15, -0.1) is 0 Å². The summed E-state index contributed by atoms with van der Waals surface area (Å²) in [5.74, 6) is -1.41. The lowest BCUT2D eigenvalue weighted by Crippen LogP contribution is -2.44. The second kappa shape index (κ2) is 8.03. The third-order valence-electron chi connectivity index (χ3n) is 5.54. The molecule has 2 unspecified atom stereocenters. The molecular weight excluding hydrogens is 418 g/mol. The zero-order valence-corrected chi connectivity index (χ0v) is 17.7. The predicted octanol–water partition coefficient (Wildman–Crippen LogP) is 2.37. The molecule has 0 bridgehead atoms. The van der Waals surface area contributed by atoms with Crippen molar-refractivity contribution < 1.29 is 13.5 Å². The number of benzene rings is 1. The molecule has 8 nitrogen and oxygen atoms in total. The molecule has 1 saturated heterocycles. The van der Waals surface area contributed by atoms with Crippen LogP contribution in [0.15, 0.2) is 41.6 Å². The van der Waals surface area contributed by atoms with E-state index in [1.807, 2.05) is 6.07 Å².